The van der Waals surface area contributed by atoms with Crippen molar-refractivity contribution in [3.8, 4) is 5.75 Å². The van der Waals surface area contributed by atoms with E-state index in [1.165, 1.54) is 16.6 Å². The van der Waals surface area contributed by atoms with Gasteiger partial charge in [-0.1, -0.05) is 24.3 Å². The maximum absolute atomic E-state index is 12.7. The minimum Gasteiger partial charge on any atom is -0.494 e. The predicted octanol–water partition coefficient (Wildman–Crippen LogP) is 4.18. The fourth-order valence-electron chi connectivity index (χ4n) is 3.94. The number of rotatable bonds is 9. The Bertz CT molecular complexity index is 1460. The number of para-hydroxylation sites is 1. The van der Waals surface area contributed by atoms with Gasteiger partial charge < -0.3 is 9.30 Å². The van der Waals surface area contributed by atoms with Crippen LogP contribution in [-0.4, -0.2) is 37.4 Å². The van der Waals surface area contributed by atoms with Crippen LogP contribution in [0.1, 0.15) is 17.5 Å². The van der Waals surface area contributed by atoms with E-state index in [1.54, 1.807) is 30.1 Å². The van der Waals surface area contributed by atoms with Gasteiger partial charge in [0.25, 0.3) is 5.56 Å². The molecular formula is C26H28ClN3O4S. The van der Waals surface area contributed by atoms with E-state index in [-0.39, 0.29) is 18.0 Å². The molecule has 0 saturated carbocycles. The van der Waals surface area contributed by atoms with E-state index in [0.29, 0.717) is 37.4 Å². The van der Waals surface area contributed by atoms with Gasteiger partial charge in [-0.25, -0.2) is 8.42 Å². The highest BCUT2D eigenvalue weighted by atomic mass is 35.5. The Labute approximate surface area is 211 Å². The Morgan fingerprint density at radius 3 is 2.57 bits per heavy atom. The third-order valence-electron chi connectivity index (χ3n) is 5.65. The first kappa shape index (κ1) is 26.2. The zero-order valence-corrected chi connectivity index (χ0v) is 21.3. The second-order valence-electron chi connectivity index (χ2n) is 8.16. The van der Waals surface area contributed by atoms with Crippen LogP contribution in [0.5, 0.6) is 5.75 Å². The van der Waals surface area contributed by atoms with Gasteiger partial charge in [0.05, 0.1) is 24.1 Å². The summed E-state index contributed by atoms with van der Waals surface area (Å²) in [7, 11) is -1.75. The number of benzene rings is 2. The molecule has 0 aliphatic carbocycles. The van der Waals surface area contributed by atoms with Crippen molar-refractivity contribution < 1.29 is 13.2 Å². The fourth-order valence-corrected chi connectivity index (χ4v) is 4.94. The number of pyridine rings is 2. The number of sulfonamides is 1. The number of aryl methyl sites for hydroxylation is 1. The molecule has 0 bridgehead atoms. The number of hydrogen-bond acceptors (Lipinski definition) is 5. The zero-order valence-electron chi connectivity index (χ0n) is 19.6. The van der Waals surface area contributed by atoms with Crippen molar-refractivity contribution in [2.24, 2.45) is 7.05 Å². The topological polar surface area (TPSA) is 81.5 Å². The van der Waals surface area contributed by atoms with Crippen LogP contribution in [-0.2, 0) is 23.5 Å². The van der Waals surface area contributed by atoms with E-state index in [4.69, 9.17) is 4.74 Å². The van der Waals surface area contributed by atoms with Gasteiger partial charge >= 0.3 is 0 Å². The third kappa shape index (κ3) is 6.41. The Kier molecular flexibility index (Phi) is 8.53. The summed E-state index contributed by atoms with van der Waals surface area (Å²) in [6.45, 7) is 0.652. The average Bonchev–Trinajstić information content (AvgIpc) is 2.82. The minimum atomic E-state index is -3.49. The van der Waals surface area contributed by atoms with E-state index in [1.807, 2.05) is 54.6 Å². The summed E-state index contributed by atoms with van der Waals surface area (Å²) in [4.78, 5) is 15.9. The molecule has 0 spiro atoms. The Morgan fingerprint density at radius 2 is 1.83 bits per heavy atom. The van der Waals surface area contributed by atoms with Crippen molar-refractivity contribution in [1.82, 2.24) is 9.55 Å². The molecule has 4 aromatic rings. The smallest absolute Gasteiger partial charge is 0.250 e. The molecule has 4 rings (SSSR count). The van der Waals surface area contributed by atoms with Crippen LogP contribution in [0.4, 0.5) is 5.69 Å². The van der Waals surface area contributed by atoms with Crippen molar-refractivity contribution in [1.29, 1.82) is 0 Å². The molecule has 0 unspecified atom stereocenters. The van der Waals surface area contributed by atoms with Crippen LogP contribution < -0.4 is 14.6 Å². The summed E-state index contributed by atoms with van der Waals surface area (Å²) in [5.41, 5.74) is 3.36. The average molecular weight is 514 g/mol. The van der Waals surface area contributed by atoms with Crippen molar-refractivity contribution in [3.63, 3.8) is 0 Å². The van der Waals surface area contributed by atoms with E-state index in [9.17, 15) is 13.2 Å². The lowest BCUT2D eigenvalue weighted by atomic mass is 10.0. The number of aromatic nitrogens is 2. The summed E-state index contributed by atoms with van der Waals surface area (Å²) in [6.07, 6.45) is 5.83. The van der Waals surface area contributed by atoms with Gasteiger partial charge in [-0.3, -0.25) is 14.1 Å². The summed E-state index contributed by atoms with van der Waals surface area (Å²) in [6, 6.07) is 20.2. The largest absolute Gasteiger partial charge is 0.494 e. The second kappa shape index (κ2) is 11.4. The molecule has 9 heteroatoms. The zero-order chi connectivity index (χ0) is 24.1. The number of halogens is 1. The first-order valence-electron chi connectivity index (χ1n) is 11.0. The lowest BCUT2D eigenvalue weighted by Crippen LogP contribution is -2.32. The highest BCUT2D eigenvalue weighted by Crippen LogP contribution is 2.26. The van der Waals surface area contributed by atoms with E-state index >= 15 is 0 Å². The van der Waals surface area contributed by atoms with Gasteiger partial charge in [0.1, 0.15) is 5.75 Å². The first-order valence-corrected chi connectivity index (χ1v) is 12.8. The summed E-state index contributed by atoms with van der Waals surface area (Å²) in [5.74, 6) is 0.675. The molecule has 184 valence electrons. The monoisotopic (exact) mass is 513 g/mol. The van der Waals surface area contributed by atoms with Crippen LogP contribution >= 0.6 is 12.4 Å². The molecular weight excluding hydrogens is 486 g/mol. The fraction of sp³-hybridized carbons (Fsp3) is 0.231. The second-order valence-corrected chi connectivity index (χ2v) is 10.1. The van der Waals surface area contributed by atoms with Crippen LogP contribution in [0.3, 0.4) is 0 Å². The molecule has 7 nitrogen and oxygen atoms in total. The maximum atomic E-state index is 12.7. The number of hydrogen-bond donors (Lipinski definition) is 0. The van der Waals surface area contributed by atoms with Gasteiger partial charge in [-0.15, -0.1) is 12.4 Å². The van der Waals surface area contributed by atoms with E-state index in [2.05, 4.69) is 4.98 Å². The van der Waals surface area contributed by atoms with Crippen molar-refractivity contribution in [2.45, 2.75) is 12.8 Å². The number of anilines is 1. The molecule has 0 saturated heterocycles. The third-order valence-corrected chi connectivity index (χ3v) is 6.83. The molecule has 2 aromatic heterocycles. The van der Waals surface area contributed by atoms with Crippen molar-refractivity contribution in [2.75, 3.05) is 23.7 Å². The molecule has 0 fully saturated rings. The van der Waals surface area contributed by atoms with Crippen molar-refractivity contribution >= 4 is 39.0 Å². The quantitative estimate of drug-likeness (QED) is 0.314. The molecule has 0 amide bonds. The normalized spacial score (nSPS) is 11.1. The molecule has 2 aromatic carbocycles. The number of nitrogens with zero attached hydrogens (tertiary/aromatic N) is 3. The van der Waals surface area contributed by atoms with Gasteiger partial charge in [0.15, 0.2) is 0 Å². The lowest BCUT2D eigenvalue weighted by Gasteiger charge is -2.25. The highest BCUT2D eigenvalue weighted by molar-refractivity contribution is 7.92. The molecule has 35 heavy (non-hydrogen) atoms. The predicted molar refractivity (Wildman–Crippen MR) is 142 cm³/mol. The standard InChI is InChI=1S/C26H27N3O4S.ClH/c1-28-24-12-11-23(18-22(24)10-13-26(28)30)33-16-6-15-29(34(2,31)32)25-9-4-3-8-21(25)17-20-7-5-14-27-19-20;/h3-5,7-14,18-19H,6,15-17H2,1-2H3;1H. The summed E-state index contributed by atoms with van der Waals surface area (Å²) >= 11 is 0. The molecule has 0 aliphatic rings. The van der Waals surface area contributed by atoms with Crippen molar-refractivity contribution in [3.05, 3.63) is 101 Å². The van der Waals surface area contributed by atoms with Gasteiger partial charge in [0, 0.05) is 50.3 Å². The molecule has 0 radical (unpaired) electrons. The van der Waals surface area contributed by atoms with E-state index < -0.39 is 10.0 Å². The Balaban J connectivity index is 0.00000342. The first-order chi connectivity index (χ1) is 16.3. The summed E-state index contributed by atoms with van der Waals surface area (Å²) in [5, 5.41) is 0.904. The van der Waals surface area contributed by atoms with Gasteiger partial charge in [0.2, 0.25) is 10.0 Å². The summed E-state index contributed by atoms with van der Waals surface area (Å²) < 4.78 is 34.2. The van der Waals surface area contributed by atoms with Crippen LogP contribution in [0.25, 0.3) is 10.9 Å². The molecule has 2 heterocycles. The number of ether oxygens (including phenoxy) is 1. The molecule has 0 aliphatic heterocycles. The van der Waals surface area contributed by atoms with E-state index in [0.717, 1.165) is 22.0 Å². The van der Waals surface area contributed by atoms with Crippen LogP contribution in [0.15, 0.2) is 83.9 Å². The SMILES string of the molecule is Cl.Cn1c(=O)ccc2cc(OCCCN(c3ccccc3Cc3cccnc3)S(C)(=O)=O)ccc21. The van der Waals surface area contributed by atoms with Crippen LogP contribution in [0, 0.1) is 0 Å². The number of fused-ring (bicyclic) bond motifs is 1. The van der Waals surface area contributed by atoms with Gasteiger partial charge in [-0.05, 0) is 47.5 Å². The maximum Gasteiger partial charge on any atom is 0.250 e. The molecule has 0 atom stereocenters. The van der Waals surface area contributed by atoms with Gasteiger partial charge in [-0.2, -0.15) is 0 Å². The molecule has 0 N–H and O–H groups in total. The Morgan fingerprint density at radius 1 is 1.03 bits per heavy atom. The highest BCUT2D eigenvalue weighted by Gasteiger charge is 2.20. The Hall–Kier alpha value is -3.36. The lowest BCUT2D eigenvalue weighted by molar-refractivity contribution is 0.314. The van der Waals surface area contributed by atoms with Crippen LogP contribution in [0.2, 0.25) is 0 Å². The minimum absolute atomic E-state index is 0.